The van der Waals surface area contributed by atoms with E-state index in [1.54, 1.807) is 0 Å². The van der Waals surface area contributed by atoms with Gasteiger partial charge in [0.1, 0.15) is 6.10 Å². The molecule has 0 bridgehead atoms. The second kappa shape index (κ2) is 3.08. The van der Waals surface area contributed by atoms with E-state index >= 15 is 0 Å². The number of hydrogen-bond donors (Lipinski definition) is 0. The van der Waals surface area contributed by atoms with E-state index in [4.69, 9.17) is 9.47 Å². The largest absolute Gasteiger partial charge is 0.458 e. The number of rotatable bonds is 0. The number of carbonyl (C=O) groups is 1. The first-order valence-corrected chi connectivity index (χ1v) is 6.77. The van der Waals surface area contributed by atoms with Crippen molar-refractivity contribution in [2.45, 2.75) is 44.0 Å². The Labute approximate surface area is 107 Å². The molecule has 2 saturated heterocycles. The lowest BCUT2D eigenvalue weighted by molar-refractivity contribution is -0.143. The minimum absolute atomic E-state index is 0.0354. The number of hydrogen-bond acceptors (Lipinski definition) is 3. The van der Waals surface area contributed by atoms with Gasteiger partial charge in [-0.2, -0.15) is 0 Å². The van der Waals surface area contributed by atoms with Crippen molar-refractivity contribution in [3.8, 4) is 0 Å². The topological polar surface area (TPSA) is 38.8 Å². The van der Waals surface area contributed by atoms with Crippen LogP contribution in [-0.4, -0.2) is 23.8 Å². The summed E-state index contributed by atoms with van der Waals surface area (Å²) in [4.78, 5) is 11.8. The Hall–Kier alpha value is -1.09. The first-order valence-electron chi connectivity index (χ1n) is 6.77. The molecular formula is C15H18O3. The maximum atomic E-state index is 11.8. The molecule has 0 amide bonds. The van der Waals surface area contributed by atoms with Crippen molar-refractivity contribution in [1.29, 1.82) is 0 Å². The van der Waals surface area contributed by atoms with Gasteiger partial charge in [-0.25, -0.2) is 4.79 Å². The summed E-state index contributed by atoms with van der Waals surface area (Å²) in [5.74, 6) is 0.709. The maximum Gasteiger partial charge on any atom is 0.334 e. The fourth-order valence-corrected chi connectivity index (χ4v) is 4.42. The maximum absolute atomic E-state index is 11.8. The number of esters is 1. The first-order chi connectivity index (χ1) is 8.52. The summed E-state index contributed by atoms with van der Waals surface area (Å²) in [5.41, 5.74) is 1.88. The Kier molecular flexibility index (Phi) is 1.85. The van der Waals surface area contributed by atoms with Crippen LogP contribution in [0.4, 0.5) is 0 Å². The summed E-state index contributed by atoms with van der Waals surface area (Å²) in [6.07, 6.45) is 3.29. The van der Waals surface area contributed by atoms with Gasteiger partial charge in [-0.05, 0) is 32.1 Å². The Morgan fingerprint density at radius 3 is 2.89 bits per heavy atom. The Balaban J connectivity index is 1.77. The quantitative estimate of drug-likeness (QED) is 0.285. The molecule has 18 heavy (non-hydrogen) atoms. The van der Waals surface area contributed by atoms with E-state index in [1.807, 2.05) is 0 Å². The van der Waals surface area contributed by atoms with Crippen molar-refractivity contribution in [3.05, 3.63) is 24.3 Å². The minimum Gasteiger partial charge on any atom is -0.458 e. The van der Waals surface area contributed by atoms with E-state index in [0.29, 0.717) is 17.6 Å². The third-order valence-electron chi connectivity index (χ3n) is 5.55. The summed E-state index contributed by atoms with van der Waals surface area (Å²) in [6.45, 7) is 10.3. The molecule has 4 fully saturated rings. The predicted octanol–water partition coefficient (Wildman–Crippen LogP) is 2.23. The molecule has 4 aliphatic rings. The van der Waals surface area contributed by atoms with Gasteiger partial charge in [-0.15, -0.1) is 0 Å². The average Bonchev–Trinajstić information content (AvgIpc) is 2.82. The van der Waals surface area contributed by atoms with Gasteiger partial charge in [0.25, 0.3) is 0 Å². The van der Waals surface area contributed by atoms with E-state index in [2.05, 4.69) is 20.1 Å². The molecule has 4 rings (SSSR count). The third kappa shape index (κ3) is 1.11. The zero-order valence-corrected chi connectivity index (χ0v) is 10.6. The van der Waals surface area contributed by atoms with E-state index < -0.39 is 0 Å². The predicted molar refractivity (Wildman–Crippen MR) is 65.8 cm³/mol. The van der Waals surface area contributed by atoms with Gasteiger partial charge in [-0.1, -0.05) is 18.7 Å². The van der Waals surface area contributed by atoms with Crippen LogP contribution < -0.4 is 0 Å². The Morgan fingerprint density at radius 1 is 1.33 bits per heavy atom. The van der Waals surface area contributed by atoms with Crippen molar-refractivity contribution in [2.75, 3.05) is 0 Å². The zero-order valence-electron chi connectivity index (χ0n) is 10.6. The number of epoxide rings is 1. The van der Waals surface area contributed by atoms with Gasteiger partial charge in [0.2, 0.25) is 0 Å². The molecular weight excluding hydrogens is 228 g/mol. The fourth-order valence-electron chi connectivity index (χ4n) is 4.42. The average molecular weight is 246 g/mol. The number of allylic oxidation sites excluding steroid dienone is 1. The minimum atomic E-state index is -0.205. The van der Waals surface area contributed by atoms with Crippen molar-refractivity contribution in [1.82, 2.24) is 0 Å². The molecule has 3 heteroatoms. The van der Waals surface area contributed by atoms with Crippen LogP contribution in [0.25, 0.3) is 0 Å². The van der Waals surface area contributed by atoms with Gasteiger partial charge in [0.15, 0.2) is 0 Å². The van der Waals surface area contributed by atoms with Crippen molar-refractivity contribution < 1.29 is 14.3 Å². The van der Waals surface area contributed by atoms with Crippen LogP contribution in [0.3, 0.4) is 0 Å². The Morgan fingerprint density at radius 2 is 2.11 bits per heavy atom. The normalized spacial score (nSPS) is 53.4. The van der Waals surface area contributed by atoms with E-state index in [9.17, 15) is 4.79 Å². The van der Waals surface area contributed by atoms with E-state index in [1.165, 1.54) is 5.57 Å². The molecule has 96 valence electrons. The van der Waals surface area contributed by atoms with Gasteiger partial charge in [-0.3, -0.25) is 0 Å². The van der Waals surface area contributed by atoms with Crippen LogP contribution in [0.2, 0.25) is 0 Å². The Bertz CT molecular complexity index is 480. The van der Waals surface area contributed by atoms with Gasteiger partial charge in [0, 0.05) is 17.4 Å². The summed E-state index contributed by atoms with van der Waals surface area (Å²) < 4.78 is 11.5. The summed E-state index contributed by atoms with van der Waals surface area (Å²) in [5, 5.41) is 0. The summed E-state index contributed by atoms with van der Waals surface area (Å²) in [7, 11) is 0. The van der Waals surface area contributed by atoms with Crippen molar-refractivity contribution >= 4 is 5.97 Å². The van der Waals surface area contributed by atoms with Crippen LogP contribution in [0, 0.1) is 17.8 Å². The molecule has 6 atom stereocenters. The second-order valence-corrected chi connectivity index (χ2v) is 6.36. The molecule has 0 aromatic rings. The highest BCUT2D eigenvalue weighted by molar-refractivity contribution is 5.90. The summed E-state index contributed by atoms with van der Waals surface area (Å²) >= 11 is 0. The highest BCUT2D eigenvalue weighted by Crippen LogP contribution is 2.63. The lowest BCUT2D eigenvalue weighted by Gasteiger charge is -2.30. The van der Waals surface area contributed by atoms with Crippen LogP contribution >= 0.6 is 0 Å². The molecule has 2 aliphatic carbocycles. The molecule has 0 N–H and O–H groups in total. The molecule has 0 radical (unpaired) electrons. The van der Waals surface area contributed by atoms with Gasteiger partial charge in [0.05, 0.1) is 11.7 Å². The lowest BCUT2D eigenvalue weighted by atomic mass is 9.78. The summed E-state index contributed by atoms with van der Waals surface area (Å²) in [6, 6.07) is 0. The molecule has 0 aromatic carbocycles. The molecule has 0 aromatic heterocycles. The van der Waals surface area contributed by atoms with Crippen molar-refractivity contribution in [3.63, 3.8) is 0 Å². The van der Waals surface area contributed by atoms with E-state index in [0.717, 1.165) is 19.3 Å². The molecule has 0 unspecified atom stereocenters. The van der Waals surface area contributed by atoms with Gasteiger partial charge < -0.3 is 9.47 Å². The monoisotopic (exact) mass is 246 g/mol. The highest BCUT2D eigenvalue weighted by atomic mass is 16.6. The molecule has 2 aliphatic heterocycles. The first kappa shape index (κ1) is 10.8. The lowest BCUT2D eigenvalue weighted by Crippen LogP contribution is -2.37. The number of carbonyl (C=O) groups excluding carboxylic acids is 1. The molecule has 0 spiro atoms. The molecule has 2 heterocycles. The van der Waals surface area contributed by atoms with Crippen LogP contribution in [-0.2, 0) is 14.3 Å². The number of ether oxygens (including phenoxy) is 2. The SMILES string of the molecule is C=C1C(=O)O[C@@H]2[C@H]3[C@@H](C[C@@H]4O[C@]34C)C(=C)CC[C@@H]12. The van der Waals surface area contributed by atoms with Gasteiger partial charge >= 0.3 is 5.97 Å². The third-order valence-corrected chi connectivity index (χ3v) is 5.55. The van der Waals surface area contributed by atoms with E-state index in [-0.39, 0.29) is 29.5 Å². The fraction of sp³-hybridized carbons (Fsp3) is 0.667. The second-order valence-electron chi connectivity index (χ2n) is 6.36. The smallest absolute Gasteiger partial charge is 0.334 e. The molecule has 2 saturated carbocycles. The number of fused-ring (bicyclic) bond motifs is 5. The van der Waals surface area contributed by atoms with Crippen LogP contribution in [0.5, 0.6) is 0 Å². The van der Waals surface area contributed by atoms with Crippen molar-refractivity contribution in [2.24, 2.45) is 17.8 Å². The molecule has 3 nitrogen and oxygen atoms in total. The standard InChI is InChI=1S/C15H18O3/c1-7-4-5-9-8(2)14(16)17-13(9)12-10(7)6-11-15(12,3)18-11/h9-13H,1-2,4-6H2,3H3/t9-,10-,11-,12+,13-,15-/m0/s1. The van der Waals surface area contributed by atoms with Crippen LogP contribution in [0.15, 0.2) is 24.3 Å². The zero-order chi connectivity index (χ0) is 12.7. The highest BCUT2D eigenvalue weighted by Gasteiger charge is 2.70. The van der Waals surface area contributed by atoms with Crippen LogP contribution in [0.1, 0.15) is 26.2 Å².